The topological polar surface area (TPSA) is 0 Å². The maximum Gasteiger partial charge on any atom is -0.0326 e. The van der Waals surface area contributed by atoms with Crippen molar-refractivity contribution < 1.29 is 0 Å². The Balaban J connectivity index is 3.84. The molecule has 0 aromatic heterocycles. The van der Waals surface area contributed by atoms with Crippen LogP contribution in [0.5, 0.6) is 0 Å². The molecular weight excluding hydrogens is 144 g/mol. The number of unbranched alkanes of at least 4 members (excludes halogenated alkanes) is 1. The first-order valence-electron chi connectivity index (χ1n) is 5.25. The van der Waals surface area contributed by atoms with Gasteiger partial charge in [0.2, 0.25) is 0 Å². The molecule has 0 aromatic rings. The van der Waals surface area contributed by atoms with Gasteiger partial charge in [-0.2, -0.15) is 0 Å². The van der Waals surface area contributed by atoms with Crippen molar-refractivity contribution in [2.75, 3.05) is 0 Å². The van der Waals surface area contributed by atoms with Gasteiger partial charge in [0.25, 0.3) is 0 Å². The molecule has 0 saturated carbocycles. The molecule has 12 heavy (non-hydrogen) atoms. The molecule has 0 nitrogen and oxygen atoms in total. The molecule has 0 amide bonds. The third kappa shape index (κ3) is 4.13. The van der Waals surface area contributed by atoms with Crippen LogP contribution in [0.15, 0.2) is 0 Å². The minimum Gasteiger partial charge on any atom is -0.0654 e. The lowest BCUT2D eigenvalue weighted by Crippen LogP contribution is -2.24. The van der Waals surface area contributed by atoms with Gasteiger partial charge >= 0.3 is 0 Å². The van der Waals surface area contributed by atoms with E-state index < -0.39 is 0 Å². The van der Waals surface area contributed by atoms with Gasteiger partial charge in [-0.25, -0.2) is 0 Å². The maximum absolute atomic E-state index is 4.20. The molecule has 0 aliphatic heterocycles. The van der Waals surface area contributed by atoms with E-state index in [0.717, 1.165) is 11.8 Å². The second kappa shape index (κ2) is 4.89. The summed E-state index contributed by atoms with van der Waals surface area (Å²) >= 11 is 0. The highest BCUT2D eigenvalue weighted by molar-refractivity contribution is 4.80. The maximum atomic E-state index is 4.20. The van der Waals surface area contributed by atoms with Crippen molar-refractivity contribution in [3.05, 3.63) is 6.92 Å². The van der Waals surface area contributed by atoms with Gasteiger partial charge < -0.3 is 0 Å². The predicted molar refractivity (Wildman–Crippen MR) is 57.0 cm³/mol. The summed E-state index contributed by atoms with van der Waals surface area (Å²) in [7, 11) is 0. The van der Waals surface area contributed by atoms with E-state index in [1.165, 1.54) is 19.3 Å². The fourth-order valence-corrected chi connectivity index (χ4v) is 1.55. The van der Waals surface area contributed by atoms with Crippen LogP contribution in [-0.4, -0.2) is 0 Å². The van der Waals surface area contributed by atoms with Crippen LogP contribution in [0.1, 0.15) is 53.9 Å². The molecule has 0 aliphatic carbocycles. The third-order valence-electron chi connectivity index (χ3n) is 3.10. The Kier molecular flexibility index (Phi) is 4.89. The molecule has 2 atom stereocenters. The molecule has 2 unspecified atom stereocenters. The van der Waals surface area contributed by atoms with Gasteiger partial charge in [0.1, 0.15) is 0 Å². The molecule has 0 N–H and O–H groups in total. The van der Waals surface area contributed by atoms with Gasteiger partial charge in [-0.3, -0.25) is 0 Å². The van der Waals surface area contributed by atoms with Crippen LogP contribution in [0.3, 0.4) is 0 Å². The fraction of sp³-hybridized carbons (Fsp3) is 0.917. The molecule has 0 fully saturated rings. The van der Waals surface area contributed by atoms with Crippen molar-refractivity contribution in [3.8, 4) is 0 Å². The molecule has 0 heterocycles. The van der Waals surface area contributed by atoms with Gasteiger partial charge in [0.05, 0.1) is 0 Å². The lowest BCUT2D eigenvalue weighted by atomic mass is 9.73. The molecule has 0 aromatic carbocycles. The summed E-state index contributed by atoms with van der Waals surface area (Å²) in [5.74, 6) is 1.54. The molecule has 73 valence electrons. The Hall–Kier alpha value is 0. The highest BCUT2D eigenvalue weighted by atomic mass is 14.3. The minimum absolute atomic E-state index is 0.229. The summed E-state index contributed by atoms with van der Waals surface area (Å²) in [5.41, 5.74) is 0.229. The summed E-state index contributed by atoms with van der Waals surface area (Å²) in [4.78, 5) is 0. The van der Waals surface area contributed by atoms with Crippen molar-refractivity contribution in [1.29, 1.82) is 0 Å². The number of rotatable bonds is 5. The van der Waals surface area contributed by atoms with Gasteiger partial charge in [0, 0.05) is 0 Å². The first-order valence-corrected chi connectivity index (χ1v) is 5.25. The van der Waals surface area contributed by atoms with Gasteiger partial charge in [-0.15, -0.1) is 0 Å². The molecular formula is C12H25. The zero-order valence-corrected chi connectivity index (χ0v) is 9.48. The quantitative estimate of drug-likeness (QED) is 0.575. The second-order valence-electron chi connectivity index (χ2n) is 4.90. The van der Waals surface area contributed by atoms with Crippen LogP contribution < -0.4 is 0 Å². The van der Waals surface area contributed by atoms with Crippen molar-refractivity contribution in [3.63, 3.8) is 0 Å². The number of hydrogen-bond donors (Lipinski definition) is 0. The molecule has 1 radical (unpaired) electrons. The Labute approximate surface area is 78.8 Å². The largest absolute Gasteiger partial charge is 0.0654 e. The average molecular weight is 169 g/mol. The molecule has 0 bridgehead atoms. The Morgan fingerprint density at radius 3 is 2.08 bits per heavy atom. The molecule has 0 heteroatoms. The Morgan fingerprint density at radius 2 is 1.75 bits per heavy atom. The van der Waals surface area contributed by atoms with Gasteiger partial charge in [-0.05, 0) is 24.2 Å². The lowest BCUT2D eigenvalue weighted by molar-refractivity contribution is 0.206. The normalized spacial score (nSPS) is 17.5. The van der Waals surface area contributed by atoms with Gasteiger partial charge in [0.15, 0.2) is 0 Å². The van der Waals surface area contributed by atoms with Crippen LogP contribution >= 0.6 is 0 Å². The van der Waals surface area contributed by atoms with E-state index >= 15 is 0 Å². The average Bonchev–Trinajstić information content (AvgIpc) is 1.97. The zero-order chi connectivity index (χ0) is 9.78. The van der Waals surface area contributed by atoms with E-state index in [-0.39, 0.29) is 5.41 Å². The molecule has 0 saturated heterocycles. The first kappa shape index (κ1) is 12.0. The van der Waals surface area contributed by atoms with Crippen molar-refractivity contribution in [1.82, 2.24) is 0 Å². The van der Waals surface area contributed by atoms with E-state index in [1.54, 1.807) is 0 Å². The number of hydrogen-bond acceptors (Lipinski definition) is 0. The highest BCUT2D eigenvalue weighted by Crippen LogP contribution is 2.33. The SMILES string of the molecule is [CH2]C(C)(C)C(C)C(C)CCCC. The van der Waals surface area contributed by atoms with E-state index in [0.29, 0.717) is 0 Å². The van der Waals surface area contributed by atoms with Crippen LogP contribution in [-0.2, 0) is 0 Å². The van der Waals surface area contributed by atoms with Crippen molar-refractivity contribution in [2.45, 2.75) is 53.9 Å². The molecule has 0 spiro atoms. The molecule has 0 rings (SSSR count). The summed E-state index contributed by atoms with van der Waals surface area (Å²) < 4.78 is 0. The van der Waals surface area contributed by atoms with E-state index in [9.17, 15) is 0 Å². The van der Waals surface area contributed by atoms with Crippen LogP contribution in [0.4, 0.5) is 0 Å². The van der Waals surface area contributed by atoms with E-state index in [4.69, 9.17) is 0 Å². The van der Waals surface area contributed by atoms with Gasteiger partial charge in [-0.1, -0.05) is 53.9 Å². The second-order valence-corrected chi connectivity index (χ2v) is 4.90. The summed E-state index contributed by atoms with van der Waals surface area (Å²) in [5, 5.41) is 0. The summed E-state index contributed by atoms with van der Waals surface area (Å²) in [6.45, 7) is 15.6. The first-order chi connectivity index (χ1) is 5.39. The molecule has 0 aliphatic rings. The highest BCUT2D eigenvalue weighted by Gasteiger charge is 2.24. The van der Waals surface area contributed by atoms with Crippen LogP contribution in [0.2, 0.25) is 0 Å². The smallest absolute Gasteiger partial charge is 0.0326 e. The predicted octanol–water partition coefficient (Wildman–Crippen LogP) is 4.31. The lowest BCUT2D eigenvalue weighted by Gasteiger charge is -2.32. The summed E-state index contributed by atoms with van der Waals surface area (Å²) in [6, 6.07) is 0. The Bertz CT molecular complexity index is 108. The Morgan fingerprint density at radius 1 is 1.25 bits per heavy atom. The van der Waals surface area contributed by atoms with E-state index in [2.05, 4.69) is 41.5 Å². The van der Waals surface area contributed by atoms with E-state index in [1.807, 2.05) is 0 Å². The minimum atomic E-state index is 0.229. The van der Waals surface area contributed by atoms with Crippen molar-refractivity contribution >= 4 is 0 Å². The standard InChI is InChI=1S/C12H25/c1-7-8-9-10(2)11(3)12(4,5)6/h10-11H,4,7-9H2,1-3,5-6H3. The van der Waals surface area contributed by atoms with Crippen LogP contribution in [0.25, 0.3) is 0 Å². The van der Waals surface area contributed by atoms with Crippen molar-refractivity contribution in [2.24, 2.45) is 17.3 Å². The van der Waals surface area contributed by atoms with Crippen LogP contribution in [0, 0.1) is 24.2 Å². The fourth-order valence-electron chi connectivity index (χ4n) is 1.55. The zero-order valence-electron chi connectivity index (χ0n) is 9.48. The monoisotopic (exact) mass is 169 g/mol. The third-order valence-corrected chi connectivity index (χ3v) is 3.10. The summed E-state index contributed by atoms with van der Waals surface area (Å²) in [6.07, 6.45) is 4.03.